The number of likely N-dealkylation sites (tertiary alicyclic amines) is 1. The first-order chi connectivity index (χ1) is 16.1. The van der Waals surface area contributed by atoms with Crippen LogP contribution in [0.5, 0.6) is 0 Å². The fourth-order valence-corrected chi connectivity index (χ4v) is 5.35. The highest BCUT2D eigenvalue weighted by atomic mass is 19.1. The molecule has 3 rings (SSSR count). The van der Waals surface area contributed by atoms with Gasteiger partial charge in [0.25, 0.3) is 0 Å². The third kappa shape index (κ3) is 7.94. The number of nitrogens with two attached hydrogens (primary N) is 1. The Morgan fingerprint density at radius 3 is 2.70 bits per heavy atom. The highest BCUT2D eigenvalue weighted by Gasteiger charge is 2.33. The molecule has 1 unspecified atom stereocenters. The number of nitrogens with zero attached hydrogens (tertiary/aromatic N) is 1. The van der Waals surface area contributed by atoms with Crippen molar-refractivity contribution in [2.45, 2.75) is 69.9 Å². The molecule has 0 radical (unpaired) electrons. The molecule has 7 heteroatoms. The number of ether oxygens (including phenoxy) is 2. The molecule has 0 aromatic heterocycles. The minimum absolute atomic E-state index is 0.00800. The van der Waals surface area contributed by atoms with Gasteiger partial charge in [0, 0.05) is 57.5 Å². The van der Waals surface area contributed by atoms with Gasteiger partial charge in [0.2, 0.25) is 0 Å². The maximum Gasteiger partial charge on any atom is 0.317 e. The van der Waals surface area contributed by atoms with Gasteiger partial charge in [-0.1, -0.05) is 50.3 Å². The highest BCUT2D eigenvalue weighted by molar-refractivity contribution is 5.74. The lowest BCUT2D eigenvalue weighted by Gasteiger charge is -2.38. The summed E-state index contributed by atoms with van der Waals surface area (Å²) < 4.78 is 26.0. The Morgan fingerprint density at radius 1 is 1.18 bits per heavy atom. The van der Waals surface area contributed by atoms with E-state index in [4.69, 9.17) is 15.2 Å². The lowest BCUT2D eigenvalue weighted by atomic mass is 9.85. The van der Waals surface area contributed by atoms with E-state index in [2.05, 4.69) is 5.32 Å². The molecule has 1 heterocycles. The Morgan fingerprint density at radius 2 is 1.97 bits per heavy atom. The van der Waals surface area contributed by atoms with Crippen LogP contribution in [0.2, 0.25) is 0 Å². The molecular formula is C26H42FN3O3. The predicted molar refractivity (Wildman–Crippen MR) is 128 cm³/mol. The van der Waals surface area contributed by atoms with Crippen LogP contribution >= 0.6 is 0 Å². The molecular weight excluding hydrogens is 421 g/mol. The summed E-state index contributed by atoms with van der Waals surface area (Å²) in [6, 6.07) is 6.76. The van der Waals surface area contributed by atoms with Gasteiger partial charge in [0.1, 0.15) is 5.82 Å². The smallest absolute Gasteiger partial charge is 0.317 e. The van der Waals surface area contributed by atoms with Crippen molar-refractivity contribution in [3.8, 4) is 0 Å². The third-order valence-electron chi connectivity index (χ3n) is 7.13. The van der Waals surface area contributed by atoms with Gasteiger partial charge in [-0.05, 0) is 37.7 Å². The topological polar surface area (TPSA) is 76.8 Å². The maximum atomic E-state index is 14.7. The van der Waals surface area contributed by atoms with E-state index in [9.17, 15) is 9.18 Å². The summed E-state index contributed by atoms with van der Waals surface area (Å²) in [5.41, 5.74) is 6.58. The molecule has 1 saturated heterocycles. The lowest BCUT2D eigenvalue weighted by molar-refractivity contribution is -0.0185. The fourth-order valence-electron chi connectivity index (χ4n) is 5.35. The average Bonchev–Trinajstić information content (AvgIpc) is 2.85. The zero-order valence-electron chi connectivity index (χ0n) is 20.1. The van der Waals surface area contributed by atoms with Gasteiger partial charge < -0.3 is 25.4 Å². The van der Waals surface area contributed by atoms with E-state index in [-0.39, 0.29) is 29.9 Å². The second-order valence-corrected chi connectivity index (χ2v) is 9.63. The van der Waals surface area contributed by atoms with Crippen LogP contribution in [0.25, 0.3) is 0 Å². The summed E-state index contributed by atoms with van der Waals surface area (Å²) >= 11 is 0. The number of carbonyl (C=O) groups is 1. The van der Waals surface area contributed by atoms with Crippen LogP contribution in [0, 0.1) is 17.7 Å². The van der Waals surface area contributed by atoms with Crippen LogP contribution in [0.1, 0.15) is 69.5 Å². The summed E-state index contributed by atoms with van der Waals surface area (Å²) in [5.74, 6) is 0.442. The number of methoxy groups -OCH3 is 1. The summed E-state index contributed by atoms with van der Waals surface area (Å²) in [6.07, 6.45) is 9.46. The van der Waals surface area contributed by atoms with E-state index in [1.807, 2.05) is 11.0 Å². The van der Waals surface area contributed by atoms with Crippen molar-refractivity contribution in [3.63, 3.8) is 0 Å². The van der Waals surface area contributed by atoms with Crippen LogP contribution < -0.4 is 11.1 Å². The largest absolute Gasteiger partial charge is 0.385 e. The quantitative estimate of drug-likeness (QED) is 0.469. The number of hydrogen-bond donors (Lipinski definition) is 2. The number of benzene rings is 1. The van der Waals surface area contributed by atoms with Gasteiger partial charge in [0.05, 0.1) is 6.10 Å². The maximum absolute atomic E-state index is 14.7. The minimum Gasteiger partial charge on any atom is -0.385 e. The molecule has 3 atom stereocenters. The van der Waals surface area contributed by atoms with Crippen LogP contribution in [-0.4, -0.2) is 56.9 Å². The van der Waals surface area contributed by atoms with Crippen LogP contribution in [0.15, 0.2) is 24.3 Å². The molecule has 1 aliphatic carbocycles. The number of nitrogens with one attached hydrogen (secondary N) is 1. The number of urea groups is 1. The van der Waals surface area contributed by atoms with Gasteiger partial charge in [-0.2, -0.15) is 0 Å². The van der Waals surface area contributed by atoms with Gasteiger partial charge in [-0.25, -0.2) is 9.18 Å². The molecule has 186 valence electrons. The number of rotatable bonds is 11. The van der Waals surface area contributed by atoms with Gasteiger partial charge in [-0.15, -0.1) is 0 Å². The molecule has 0 spiro atoms. The van der Waals surface area contributed by atoms with Crippen molar-refractivity contribution >= 4 is 6.03 Å². The Labute approximate surface area is 198 Å². The number of amides is 2. The number of halogens is 1. The van der Waals surface area contributed by atoms with Crippen molar-refractivity contribution in [2.75, 3.05) is 40.0 Å². The standard InChI is InChI=1S/C26H42FN3O3/c1-32-15-8-16-33-25(23-12-5-6-13-24(23)27)21-11-7-14-30(19-21)26(31)29-22(18-28)17-20-9-3-2-4-10-20/h5-6,12-13,20-22,25H,2-4,7-11,14-19,28H2,1H3,(H,29,31)/t21-,22+,25?/m1/s1. The second-order valence-electron chi connectivity index (χ2n) is 9.63. The average molecular weight is 464 g/mol. The van der Waals surface area contributed by atoms with Crippen molar-refractivity contribution < 1.29 is 18.7 Å². The Hall–Kier alpha value is -1.70. The molecule has 2 fully saturated rings. The van der Waals surface area contributed by atoms with Gasteiger partial charge in [-0.3, -0.25) is 0 Å². The van der Waals surface area contributed by atoms with Crippen molar-refractivity contribution in [2.24, 2.45) is 17.6 Å². The van der Waals surface area contributed by atoms with Gasteiger partial charge >= 0.3 is 6.03 Å². The Bertz CT molecular complexity index is 714. The molecule has 6 nitrogen and oxygen atoms in total. The molecule has 3 N–H and O–H groups in total. The number of hydrogen-bond acceptors (Lipinski definition) is 4. The molecule has 1 saturated carbocycles. The summed E-state index contributed by atoms with van der Waals surface area (Å²) in [5, 5.41) is 3.18. The predicted octanol–water partition coefficient (Wildman–Crippen LogP) is 4.64. The van der Waals surface area contributed by atoms with E-state index in [1.165, 1.54) is 38.2 Å². The molecule has 2 aliphatic rings. The first-order valence-corrected chi connectivity index (χ1v) is 12.7. The lowest BCUT2D eigenvalue weighted by Crippen LogP contribution is -2.51. The Kier molecular flexibility index (Phi) is 10.9. The highest BCUT2D eigenvalue weighted by Crippen LogP contribution is 2.34. The number of carbonyl (C=O) groups excluding carboxylic acids is 1. The van der Waals surface area contributed by atoms with E-state index >= 15 is 0 Å². The van der Waals surface area contributed by atoms with E-state index in [0.29, 0.717) is 44.3 Å². The van der Waals surface area contributed by atoms with E-state index in [0.717, 1.165) is 25.7 Å². The van der Waals surface area contributed by atoms with Crippen molar-refractivity contribution in [1.29, 1.82) is 0 Å². The second kappa shape index (κ2) is 13.9. The van der Waals surface area contributed by atoms with Crippen molar-refractivity contribution in [3.05, 3.63) is 35.6 Å². The van der Waals surface area contributed by atoms with Crippen LogP contribution in [-0.2, 0) is 9.47 Å². The van der Waals surface area contributed by atoms with E-state index in [1.54, 1.807) is 19.2 Å². The molecule has 1 aliphatic heterocycles. The Balaban J connectivity index is 1.61. The molecule has 1 aromatic carbocycles. The fraction of sp³-hybridized carbons (Fsp3) is 0.731. The monoisotopic (exact) mass is 463 g/mol. The summed E-state index contributed by atoms with van der Waals surface area (Å²) in [7, 11) is 1.66. The first kappa shape index (κ1) is 25.9. The number of piperidine rings is 1. The SMILES string of the molecule is COCCCOC(c1ccccc1F)[C@@H]1CCCN(C(=O)N[C@H](CN)CC2CCCCC2)C1. The zero-order valence-corrected chi connectivity index (χ0v) is 20.1. The van der Waals surface area contributed by atoms with Gasteiger partial charge in [0.15, 0.2) is 0 Å². The zero-order chi connectivity index (χ0) is 23.5. The van der Waals surface area contributed by atoms with Crippen LogP contribution in [0.4, 0.5) is 9.18 Å². The van der Waals surface area contributed by atoms with Crippen molar-refractivity contribution in [1.82, 2.24) is 10.2 Å². The molecule has 33 heavy (non-hydrogen) atoms. The molecule has 1 aromatic rings. The summed E-state index contributed by atoms with van der Waals surface area (Å²) in [6.45, 7) is 2.81. The van der Waals surface area contributed by atoms with E-state index < -0.39 is 0 Å². The molecule has 0 bridgehead atoms. The van der Waals surface area contributed by atoms with Crippen LogP contribution in [0.3, 0.4) is 0 Å². The normalized spacial score (nSPS) is 21.5. The first-order valence-electron chi connectivity index (χ1n) is 12.7. The third-order valence-corrected chi connectivity index (χ3v) is 7.13. The minimum atomic E-state index is -0.383. The molecule has 2 amide bonds. The summed E-state index contributed by atoms with van der Waals surface area (Å²) in [4.78, 5) is 15.0.